The number of aryl methyl sites for hydroxylation is 1. The summed E-state index contributed by atoms with van der Waals surface area (Å²) in [5.41, 5.74) is 4.17. The first kappa shape index (κ1) is 22.0. The zero-order chi connectivity index (χ0) is 21.7. The lowest BCUT2D eigenvalue weighted by Gasteiger charge is -2.24. The minimum atomic E-state index is -3.99. The molecule has 30 heavy (non-hydrogen) atoms. The molecule has 1 aromatic heterocycles. The number of thiophene rings is 1. The highest BCUT2D eigenvalue weighted by atomic mass is 35.5. The van der Waals surface area contributed by atoms with Crippen molar-refractivity contribution in [2.45, 2.75) is 18.7 Å². The van der Waals surface area contributed by atoms with Crippen molar-refractivity contribution in [2.75, 3.05) is 10.8 Å². The van der Waals surface area contributed by atoms with Gasteiger partial charge in [0.2, 0.25) is 0 Å². The molecule has 0 aliphatic carbocycles. The first-order chi connectivity index (χ1) is 14.3. The van der Waals surface area contributed by atoms with Gasteiger partial charge in [-0.1, -0.05) is 41.9 Å². The molecule has 2 aromatic carbocycles. The minimum absolute atomic E-state index is 0.0766. The summed E-state index contributed by atoms with van der Waals surface area (Å²) in [7, 11) is -3.99. The predicted octanol–water partition coefficient (Wildman–Crippen LogP) is 4.45. The fourth-order valence-electron chi connectivity index (χ4n) is 2.62. The molecule has 0 saturated carbocycles. The van der Waals surface area contributed by atoms with Gasteiger partial charge in [0.1, 0.15) is 6.54 Å². The van der Waals surface area contributed by atoms with Crippen LogP contribution in [0.15, 0.2) is 76.0 Å². The van der Waals surface area contributed by atoms with Gasteiger partial charge in [0.25, 0.3) is 15.9 Å². The molecular formula is C21H20ClN3O3S2. The zero-order valence-electron chi connectivity index (χ0n) is 16.4. The number of carbonyl (C=O) groups is 1. The number of halogens is 1. The van der Waals surface area contributed by atoms with E-state index in [-0.39, 0.29) is 4.90 Å². The molecule has 0 radical (unpaired) electrons. The Kier molecular flexibility index (Phi) is 6.91. The van der Waals surface area contributed by atoms with Crippen LogP contribution in [0.25, 0.3) is 0 Å². The van der Waals surface area contributed by atoms with Crippen molar-refractivity contribution >= 4 is 50.3 Å². The Bertz CT molecular complexity index is 1160. The topological polar surface area (TPSA) is 78.8 Å². The lowest BCUT2D eigenvalue weighted by Crippen LogP contribution is -2.39. The van der Waals surface area contributed by atoms with Gasteiger partial charge in [-0.15, -0.1) is 11.3 Å². The van der Waals surface area contributed by atoms with Crippen molar-refractivity contribution in [2.24, 2.45) is 5.10 Å². The van der Waals surface area contributed by atoms with E-state index in [0.29, 0.717) is 16.4 Å². The van der Waals surface area contributed by atoms with Crippen LogP contribution >= 0.6 is 22.9 Å². The van der Waals surface area contributed by atoms with Crippen molar-refractivity contribution in [3.05, 3.63) is 81.5 Å². The quantitative estimate of drug-likeness (QED) is 0.417. The summed E-state index contributed by atoms with van der Waals surface area (Å²) in [5, 5.41) is 6.40. The second-order valence-electron chi connectivity index (χ2n) is 6.47. The monoisotopic (exact) mass is 461 g/mol. The molecule has 1 heterocycles. The Morgan fingerprint density at radius 1 is 1.13 bits per heavy atom. The third-order valence-electron chi connectivity index (χ3n) is 4.29. The average Bonchev–Trinajstić information content (AvgIpc) is 3.28. The second-order valence-corrected chi connectivity index (χ2v) is 9.68. The molecule has 156 valence electrons. The fraction of sp³-hybridized carbons (Fsp3) is 0.143. The van der Waals surface area contributed by atoms with Crippen molar-refractivity contribution in [3.8, 4) is 0 Å². The lowest BCUT2D eigenvalue weighted by molar-refractivity contribution is -0.119. The van der Waals surface area contributed by atoms with E-state index in [9.17, 15) is 13.2 Å². The van der Waals surface area contributed by atoms with E-state index in [1.165, 1.54) is 29.5 Å². The van der Waals surface area contributed by atoms with E-state index >= 15 is 0 Å². The van der Waals surface area contributed by atoms with Crippen molar-refractivity contribution in [3.63, 3.8) is 0 Å². The Balaban J connectivity index is 1.90. The first-order valence-corrected chi connectivity index (χ1v) is 11.7. The molecule has 9 heteroatoms. The summed E-state index contributed by atoms with van der Waals surface area (Å²) < 4.78 is 27.5. The molecule has 1 N–H and O–H groups in total. The number of nitrogens with one attached hydrogen (secondary N) is 1. The fourth-order valence-corrected chi connectivity index (χ4v) is 4.91. The van der Waals surface area contributed by atoms with E-state index in [4.69, 9.17) is 11.6 Å². The molecule has 0 bridgehead atoms. The zero-order valence-corrected chi connectivity index (χ0v) is 18.8. The number of hydrazone groups is 1. The molecule has 0 aliphatic rings. The van der Waals surface area contributed by atoms with Gasteiger partial charge in [-0.2, -0.15) is 5.10 Å². The molecule has 0 fully saturated rings. The number of anilines is 1. The first-order valence-electron chi connectivity index (χ1n) is 9.00. The van der Waals surface area contributed by atoms with Crippen LogP contribution in [0.1, 0.15) is 17.4 Å². The molecule has 3 rings (SSSR count). The standard InChI is InChI=1S/C21H20ClN3O3S2/c1-15-10-11-17(13-19(15)22)25(30(27,28)18-7-4-3-5-8-18)14-21(26)24-23-16(2)20-9-6-12-29-20/h3-13H,14H2,1-2H3,(H,24,26)/b23-16-. The van der Waals surface area contributed by atoms with E-state index in [1.807, 2.05) is 24.4 Å². The van der Waals surface area contributed by atoms with Crippen molar-refractivity contribution < 1.29 is 13.2 Å². The Labute approximate surface area is 184 Å². The third-order valence-corrected chi connectivity index (χ3v) is 7.46. The van der Waals surface area contributed by atoms with Crippen LogP contribution < -0.4 is 9.73 Å². The van der Waals surface area contributed by atoms with Crippen LogP contribution in [-0.4, -0.2) is 26.6 Å². The molecule has 0 saturated heterocycles. The number of benzene rings is 2. The average molecular weight is 462 g/mol. The SMILES string of the molecule is C/C(=N/NC(=O)CN(c1ccc(C)c(Cl)c1)S(=O)(=O)c1ccccc1)c1cccs1. The van der Waals surface area contributed by atoms with Crippen molar-refractivity contribution in [1.29, 1.82) is 0 Å². The maximum Gasteiger partial charge on any atom is 0.264 e. The summed E-state index contributed by atoms with van der Waals surface area (Å²) in [6.45, 7) is 3.14. The van der Waals surface area contributed by atoms with Gasteiger partial charge in [-0.3, -0.25) is 9.10 Å². The summed E-state index contributed by atoms with van der Waals surface area (Å²) in [4.78, 5) is 13.6. The van der Waals surface area contributed by atoms with E-state index in [1.54, 1.807) is 37.3 Å². The maximum absolute atomic E-state index is 13.3. The summed E-state index contributed by atoms with van der Waals surface area (Å²) in [6.07, 6.45) is 0. The van der Waals surface area contributed by atoms with E-state index in [0.717, 1.165) is 14.7 Å². The highest BCUT2D eigenvalue weighted by molar-refractivity contribution is 7.92. The predicted molar refractivity (Wildman–Crippen MR) is 122 cm³/mol. The van der Waals surface area contributed by atoms with Crippen LogP contribution in [0.3, 0.4) is 0 Å². The molecule has 0 spiro atoms. The van der Waals surface area contributed by atoms with E-state index < -0.39 is 22.5 Å². The van der Waals surface area contributed by atoms with Crippen LogP contribution in [0.2, 0.25) is 5.02 Å². The lowest BCUT2D eigenvalue weighted by atomic mass is 10.2. The largest absolute Gasteiger partial charge is 0.271 e. The highest BCUT2D eigenvalue weighted by Gasteiger charge is 2.27. The van der Waals surface area contributed by atoms with Gasteiger partial charge >= 0.3 is 0 Å². The van der Waals surface area contributed by atoms with Gasteiger partial charge in [-0.25, -0.2) is 13.8 Å². The Morgan fingerprint density at radius 3 is 2.50 bits per heavy atom. The van der Waals surface area contributed by atoms with Gasteiger partial charge in [0.15, 0.2) is 0 Å². The minimum Gasteiger partial charge on any atom is -0.271 e. The summed E-state index contributed by atoms with van der Waals surface area (Å²) in [5.74, 6) is -0.567. The van der Waals surface area contributed by atoms with E-state index in [2.05, 4.69) is 10.5 Å². The number of sulfonamides is 1. The van der Waals surface area contributed by atoms with Crippen LogP contribution in [-0.2, 0) is 14.8 Å². The van der Waals surface area contributed by atoms with Crippen LogP contribution in [0.4, 0.5) is 5.69 Å². The number of carbonyl (C=O) groups excluding carboxylic acids is 1. The van der Waals surface area contributed by atoms with Gasteiger partial charge in [0, 0.05) is 9.90 Å². The number of rotatable bonds is 7. The molecule has 1 amide bonds. The smallest absolute Gasteiger partial charge is 0.264 e. The molecule has 0 atom stereocenters. The number of hydrogen-bond donors (Lipinski definition) is 1. The van der Waals surface area contributed by atoms with Crippen LogP contribution in [0.5, 0.6) is 0 Å². The van der Waals surface area contributed by atoms with Crippen molar-refractivity contribution in [1.82, 2.24) is 5.43 Å². The van der Waals surface area contributed by atoms with Crippen LogP contribution in [0, 0.1) is 6.92 Å². The number of hydrogen-bond acceptors (Lipinski definition) is 5. The molecule has 6 nitrogen and oxygen atoms in total. The number of amides is 1. The molecule has 0 unspecified atom stereocenters. The Hall–Kier alpha value is -2.68. The normalized spacial score (nSPS) is 11.9. The van der Waals surface area contributed by atoms with Gasteiger partial charge < -0.3 is 0 Å². The molecule has 3 aromatic rings. The summed E-state index contributed by atoms with van der Waals surface area (Å²) in [6, 6.07) is 16.6. The highest BCUT2D eigenvalue weighted by Crippen LogP contribution is 2.27. The second kappa shape index (κ2) is 9.42. The Morgan fingerprint density at radius 2 is 1.87 bits per heavy atom. The third kappa shape index (κ3) is 5.08. The number of nitrogens with zero attached hydrogens (tertiary/aromatic N) is 2. The maximum atomic E-state index is 13.3. The molecule has 0 aliphatic heterocycles. The summed E-state index contributed by atoms with van der Waals surface area (Å²) >= 11 is 7.70. The molecular weight excluding hydrogens is 442 g/mol. The van der Waals surface area contributed by atoms with Gasteiger partial charge in [-0.05, 0) is 55.1 Å². The van der Waals surface area contributed by atoms with Gasteiger partial charge in [0.05, 0.1) is 16.3 Å².